The van der Waals surface area contributed by atoms with Crippen LogP contribution in [0.4, 0.5) is 20.4 Å². The number of rotatable bonds is 7. The van der Waals surface area contributed by atoms with Crippen molar-refractivity contribution < 1.29 is 23.2 Å². The Hall–Kier alpha value is -4.48. The number of aromatic nitrogens is 4. The first-order valence-electron chi connectivity index (χ1n) is 11.1. The molecule has 3 aromatic heterocycles. The number of pyridine rings is 2. The molecule has 0 aliphatic carbocycles. The minimum Gasteiger partial charge on any atom is -0.361 e. The average molecular weight is 495 g/mol. The summed E-state index contributed by atoms with van der Waals surface area (Å²) in [6.45, 7) is 5.14. The van der Waals surface area contributed by atoms with Gasteiger partial charge in [0.15, 0.2) is 0 Å². The maximum Gasteiger partial charge on any atom is 0.278 e. The molecule has 0 spiro atoms. The zero-order valence-electron chi connectivity index (χ0n) is 19.7. The molecule has 4 rings (SSSR count). The third-order valence-electron chi connectivity index (χ3n) is 5.56. The Morgan fingerprint density at radius 1 is 1.06 bits per heavy atom. The quantitative estimate of drug-likeness (QED) is 0.517. The van der Waals surface area contributed by atoms with Gasteiger partial charge in [-0.2, -0.15) is 9.78 Å². The first-order valence-corrected chi connectivity index (χ1v) is 11.1. The second-order valence-corrected chi connectivity index (χ2v) is 8.39. The summed E-state index contributed by atoms with van der Waals surface area (Å²) in [5.74, 6) is -2.03. The van der Waals surface area contributed by atoms with Crippen LogP contribution >= 0.6 is 0 Å². The van der Waals surface area contributed by atoms with E-state index in [9.17, 15) is 23.2 Å². The Bertz CT molecular complexity index is 1350. The number of anilines is 2. The normalized spacial score (nSPS) is 13.5. The van der Waals surface area contributed by atoms with Gasteiger partial charge in [0.2, 0.25) is 5.91 Å². The smallest absolute Gasteiger partial charge is 0.278 e. The highest BCUT2D eigenvalue weighted by atomic mass is 19.1. The number of hydrogen-bond acceptors (Lipinski definition) is 7. The van der Waals surface area contributed by atoms with Crippen molar-refractivity contribution in [1.29, 1.82) is 0 Å². The summed E-state index contributed by atoms with van der Waals surface area (Å²) in [5.41, 5.74) is 1.16. The lowest BCUT2D eigenvalue weighted by atomic mass is 10.1. The van der Waals surface area contributed by atoms with Crippen LogP contribution in [0, 0.1) is 11.6 Å². The molecule has 12 heteroatoms. The van der Waals surface area contributed by atoms with Gasteiger partial charge in [-0.1, -0.05) is 0 Å². The van der Waals surface area contributed by atoms with Crippen molar-refractivity contribution in [3.8, 4) is 11.4 Å². The van der Waals surface area contributed by atoms with Crippen molar-refractivity contribution in [2.24, 2.45) is 0 Å². The summed E-state index contributed by atoms with van der Waals surface area (Å²) in [6.07, 6.45) is 1.99. The maximum absolute atomic E-state index is 13.5. The molecule has 3 aromatic rings. The SMILES string of the molecule is CC1=C(C(=O)n2nc(-c3ccc(F)cn3)cc2NCC(=O)Nc2ccc(F)cn2)CN(C(C)C)C1=O. The predicted octanol–water partition coefficient (Wildman–Crippen LogP) is 2.88. The molecule has 0 fully saturated rings. The standard InChI is InChI=1S/C24H23F2N7O3/c1-13(2)32-12-17(14(3)23(32)35)24(36)33-21(8-19(31-33)18-6-4-15(25)9-27-18)29-11-22(34)30-20-7-5-16(26)10-28-20/h4-10,13,29H,11-12H2,1-3H3,(H,28,30,34). The van der Waals surface area contributed by atoms with E-state index >= 15 is 0 Å². The third kappa shape index (κ3) is 5.11. The fraction of sp³-hybridized carbons (Fsp3) is 0.250. The summed E-state index contributed by atoms with van der Waals surface area (Å²) in [7, 11) is 0. The van der Waals surface area contributed by atoms with Crippen LogP contribution in [0.15, 0.2) is 53.9 Å². The van der Waals surface area contributed by atoms with Gasteiger partial charge in [0.05, 0.1) is 31.2 Å². The molecule has 0 atom stereocenters. The minimum atomic E-state index is -0.541. The van der Waals surface area contributed by atoms with Crippen LogP contribution < -0.4 is 10.6 Å². The van der Waals surface area contributed by atoms with Gasteiger partial charge >= 0.3 is 0 Å². The van der Waals surface area contributed by atoms with Gasteiger partial charge in [-0.3, -0.25) is 19.4 Å². The number of amides is 2. The predicted molar refractivity (Wildman–Crippen MR) is 127 cm³/mol. The van der Waals surface area contributed by atoms with E-state index in [0.29, 0.717) is 11.3 Å². The molecule has 0 saturated carbocycles. The summed E-state index contributed by atoms with van der Waals surface area (Å²) >= 11 is 0. The first-order chi connectivity index (χ1) is 17.1. The number of hydrogen-bond donors (Lipinski definition) is 2. The summed E-state index contributed by atoms with van der Waals surface area (Å²) in [6, 6.07) is 6.48. The van der Waals surface area contributed by atoms with E-state index in [1.54, 1.807) is 11.8 Å². The molecule has 0 saturated heterocycles. The lowest BCUT2D eigenvalue weighted by Crippen LogP contribution is -2.34. The largest absolute Gasteiger partial charge is 0.361 e. The Kier molecular flexibility index (Phi) is 6.86. The van der Waals surface area contributed by atoms with Crippen LogP contribution in [0.2, 0.25) is 0 Å². The molecular formula is C24H23F2N7O3. The molecule has 10 nitrogen and oxygen atoms in total. The highest BCUT2D eigenvalue weighted by molar-refractivity contribution is 6.09. The molecule has 0 bridgehead atoms. The van der Waals surface area contributed by atoms with E-state index in [2.05, 4.69) is 25.7 Å². The molecule has 4 heterocycles. The highest BCUT2D eigenvalue weighted by Crippen LogP contribution is 2.26. The van der Waals surface area contributed by atoms with Crippen LogP contribution in [0.3, 0.4) is 0 Å². The first kappa shape index (κ1) is 24.6. The zero-order chi connectivity index (χ0) is 26.0. The van der Waals surface area contributed by atoms with Gasteiger partial charge in [0.25, 0.3) is 11.8 Å². The molecule has 0 aromatic carbocycles. The van der Waals surface area contributed by atoms with Gasteiger partial charge in [-0.15, -0.1) is 0 Å². The maximum atomic E-state index is 13.5. The van der Waals surface area contributed by atoms with Crippen molar-refractivity contribution >= 4 is 29.4 Å². The van der Waals surface area contributed by atoms with E-state index in [4.69, 9.17) is 0 Å². The van der Waals surface area contributed by atoms with E-state index in [1.807, 2.05) is 13.8 Å². The Morgan fingerprint density at radius 2 is 1.75 bits per heavy atom. The number of nitrogens with one attached hydrogen (secondary N) is 2. The number of nitrogens with zero attached hydrogens (tertiary/aromatic N) is 5. The molecule has 36 heavy (non-hydrogen) atoms. The molecule has 0 radical (unpaired) electrons. The molecular weight excluding hydrogens is 472 g/mol. The van der Waals surface area contributed by atoms with E-state index in [-0.39, 0.29) is 47.9 Å². The van der Waals surface area contributed by atoms with Gasteiger partial charge in [-0.05, 0) is 45.0 Å². The van der Waals surface area contributed by atoms with E-state index in [1.165, 1.54) is 24.3 Å². The minimum absolute atomic E-state index is 0.101. The van der Waals surface area contributed by atoms with Gasteiger partial charge < -0.3 is 15.5 Å². The van der Waals surface area contributed by atoms with E-state index < -0.39 is 23.4 Å². The molecule has 1 aliphatic heterocycles. The number of halogens is 2. The molecule has 1 aliphatic rings. The van der Waals surface area contributed by atoms with Gasteiger partial charge in [-0.25, -0.2) is 13.8 Å². The number of carbonyl (C=O) groups is 3. The van der Waals surface area contributed by atoms with Crippen molar-refractivity contribution in [2.45, 2.75) is 26.8 Å². The average Bonchev–Trinajstić information content (AvgIpc) is 3.41. The Morgan fingerprint density at radius 3 is 2.33 bits per heavy atom. The Labute approximate surface area is 205 Å². The summed E-state index contributed by atoms with van der Waals surface area (Å²) in [5, 5.41) is 9.69. The second-order valence-electron chi connectivity index (χ2n) is 8.39. The second kappa shape index (κ2) is 10.0. The molecule has 2 amide bonds. The van der Waals surface area contributed by atoms with Crippen LogP contribution in [-0.4, -0.2) is 61.5 Å². The summed E-state index contributed by atoms with van der Waals surface area (Å²) in [4.78, 5) is 47.8. The number of carbonyl (C=O) groups excluding carboxylic acids is 3. The molecule has 2 N–H and O–H groups in total. The van der Waals surface area contributed by atoms with Crippen LogP contribution in [0.25, 0.3) is 11.4 Å². The lowest BCUT2D eigenvalue weighted by Gasteiger charge is -2.21. The molecule has 0 unspecified atom stereocenters. The van der Waals surface area contributed by atoms with E-state index in [0.717, 1.165) is 23.1 Å². The van der Waals surface area contributed by atoms with Crippen LogP contribution in [0.1, 0.15) is 25.6 Å². The summed E-state index contributed by atoms with van der Waals surface area (Å²) < 4.78 is 27.4. The van der Waals surface area contributed by atoms with Crippen molar-refractivity contribution in [3.05, 3.63) is 65.5 Å². The van der Waals surface area contributed by atoms with Crippen LogP contribution in [0.5, 0.6) is 0 Å². The topological polar surface area (TPSA) is 122 Å². The van der Waals surface area contributed by atoms with Crippen molar-refractivity contribution in [3.63, 3.8) is 0 Å². The third-order valence-corrected chi connectivity index (χ3v) is 5.56. The highest BCUT2D eigenvalue weighted by Gasteiger charge is 2.34. The fourth-order valence-corrected chi connectivity index (χ4v) is 3.60. The van der Waals surface area contributed by atoms with Gasteiger partial charge in [0.1, 0.15) is 29.0 Å². The van der Waals surface area contributed by atoms with Crippen molar-refractivity contribution in [2.75, 3.05) is 23.7 Å². The lowest BCUT2D eigenvalue weighted by molar-refractivity contribution is -0.126. The fourth-order valence-electron chi connectivity index (χ4n) is 3.60. The zero-order valence-corrected chi connectivity index (χ0v) is 19.7. The van der Waals surface area contributed by atoms with Gasteiger partial charge in [0, 0.05) is 23.3 Å². The monoisotopic (exact) mass is 495 g/mol. The van der Waals surface area contributed by atoms with Crippen molar-refractivity contribution in [1.82, 2.24) is 24.6 Å². The Balaban J connectivity index is 1.60. The van der Waals surface area contributed by atoms with Crippen LogP contribution in [-0.2, 0) is 9.59 Å². The molecule has 186 valence electrons.